The molecule has 2 aromatic carbocycles. The van der Waals surface area contributed by atoms with Crippen LogP contribution in [0.25, 0.3) is 0 Å². The largest absolute Gasteiger partial charge is 0.455 e. The molecule has 1 saturated carbocycles. The van der Waals surface area contributed by atoms with Crippen LogP contribution in [0.5, 0.6) is 11.5 Å². The summed E-state index contributed by atoms with van der Waals surface area (Å²) in [6.45, 7) is 2.28. The Morgan fingerprint density at radius 3 is 2.54 bits per heavy atom. The van der Waals surface area contributed by atoms with Gasteiger partial charge in [0.25, 0.3) is 5.91 Å². The summed E-state index contributed by atoms with van der Waals surface area (Å²) in [4.78, 5) is 22.3. The molecule has 0 N–H and O–H groups in total. The molecule has 8 heteroatoms. The fraction of sp³-hybridized carbons (Fsp3) is 0.258. The third-order valence-corrected chi connectivity index (χ3v) is 7.90. The molecule has 6 rings (SSSR count). The first kappa shape index (κ1) is 25.7. The average Bonchev–Trinajstić information content (AvgIpc) is 3.81. The topological polar surface area (TPSA) is 49.6 Å². The zero-order valence-electron chi connectivity index (χ0n) is 21.5. The number of carbonyl (C=O) groups excluding carboxylic acids is 1. The molecule has 0 radical (unpaired) electrons. The Hall–Kier alpha value is -3.61. The lowest BCUT2D eigenvalue weighted by atomic mass is 10.1. The number of para-hydroxylation sites is 2. The monoisotopic (exact) mass is 559 g/mol. The smallest absolute Gasteiger partial charge is 0.263 e. The summed E-state index contributed by atoms with van der Waals surface area (Å²) in [5.74, 6) is 0.642. The first-order valence-corrected chi connectivity index (χ1v) is 14.1. The summed E-state index contributed by atoms with van der Waals surface area (Å²) >= 11 is 13.3. The van der Waals surface area contributed by atoms with E-state index in [0.29, 0.717) is 39.7 Å². The van der Waals surface area contributed by atoms with E-state index >= 15 is 0 Å². The van der Waals surface area contributed by atoms with Gasteiger partial charge in [-0.25, -0.2) is 4.57 Å². The maximum Gasteiger partial charge on any atom is 0.263 e. The molecule has 1 aliphatic heterocycles. The Kier molecular flexibility index (Phi) is 7.40. The van der Waals surface area contributed by atoms with E-state index in [0.717, 1.165) is 42.9 Å². The van der Waals surface area contributed by atoms with E-state index in [9.17, 15) is 4.79 Å². The summed E-state index contributed by atoms with van der Waals surface area (Å²) < 4.78 is 8.34. The molecule has 1 fully saturated rings. The van der Waals surface area contributed by atoms with Crippen LogP contribution in [0.2, 0.25) is 10.0 Å². The second-order valence-corrected chi connectivity index (χ2v) is 10.7. The van der Waals surface area contributed by atoms with Gasteiger partial charge in [0.05, 0.1) is 16.4 Å². The second kappa shape index (κ2) is 11.2. The molecule has 198 valence electrons. The molecule has 2 aliphatic rings. The molecule has 4 aromatic rings. The van der Waals surface area contributed by atoms with Gasteiger partial charge >= 0.3 is 0 Å². The van der Waals surface area contributed by atoms with Gasteiger partial charge in [-0.15, -0.1) is 0 Å². The van der Waals surface area contributed by atoms with E-state index in [1.54, 1.807) is 24.5 Å². The van der Waals surface area contributed by atoms with Crippen LogP contribution in [0.15, 0.2) is 85.5 Å². The number of fused-ring (bicyclic) bond motifs is 1. The number of pyridine rings is 2. The van der Waals surface area contributed by atoms with Gasteiger partial charge in [-0.2, -0.15) is 0 Å². The van der Waals surface area contributed by atoms with E-state index < -0.39 is 0 Å². The Balaban J connectivity index is 1.20. The highest BCUT2D eigenvalue weighted by Crippen LogP contribution is 2.41. The second-order valence-electron chi connectivity index (χ2n) is 9.93. The predicted molar refractivity (Wildman–Crippen MR) is 154 cm³/mol. The fourth-order valence-corrected chi connectivity index (χ4v) is 5.60. The molecular formula is C31H29Cl2N4O2+. The Morgan fingerprint density at radius 1 is 0.949 bits per heavy atom. The van der Waals surface area contributed by atoms with Gasteiger partial charge in [0, 0.05) is 61.2 Å². The number of aromatic nitrogens is 2. The van der Waals surface area contributed by atoms with Gasteiger partial charge in [-0.3, -0.25) is 9.78 Å². The van der Waals surface area contributed by atoms with E-state index in [4.69, 9.17) is 27.9 Å². The SMILES string of the molecule is O=C(c1cnccc1Oc1cc(Cl)c(CCC[n+]2ccccc2)cc1Cl)N1CCN(C2CC2)c2ccccc21. The van der Waals surface area contributed by atoms with Crippen molar-refractivity contribution >= 4 is 40.5 Å². The van der Waals surface area contributed by atoms with Crippen molar-refractivity contribution in [1.29, 1.82) is 0 Å². The minimum atomic E-state index is -0.154. The molecule has 1 aliphatic carbocycles. The molecular weight excluding hydrogens is 531 g/mol. The highest BCUT2D eigenvalue weighted by atomic mass is 35.5. The maximum absolute atomic E-state index is 13.8. The van der Waals surface area contributed by atoms with Gasteiger partial charge < -0.3 is 14.5 Å². The highest BCUT2D eigenvalue weighted by molar-refractivity contribution is 6.34. The van der Waals surface area contributed by atoms with Gasteiger partial charge in [-0.1, -0.05) is 41.4 Å². The summed E-state index contributed by atoms with van der Waals surface area (Å²) in [6.07, 6.45) is 11.4. The number of carbonyl (C=O) groups is 1. The van der Waals surface area contributed by atoms with Crippen molar-refractivity contribution in [2.75, 3.05) is 22.9 Å². The summed E-state index contributed by atoms with van der Waals surface area (Å²) in [6, 6.07) is 20.0. The standard InChI is InChI=1S/C31H29Cl2N4O2/c32-25-20-30(26(33)19-22(25)7-6-16-35-14-4-1-5-15-35)39-29-12-13-34-21-24(29)31(38)37-18-17-36(23-10-11-23)27-8-2-3-9-28(27)37/h1-5,8-9,12-15,19-21,23H,6-7,10-11,16-18H2/q+1. The Bertz CT molecular complexity index is 1490. The molecule has 0 unspecified atom stereocenters. The molecule has 0 bridgehead atoms. The molecule has 39 heavy (non-hydrogen) atoms. The molecule has 1 amide bonds. The number of amides is 1. The fourth-order valence-electron chi connectivity index (χ4n) is 5.13. The summed E-state index contributed by atoms with van der Waals surface area (Å²) in [5, 5.41) is 1.03. The van der Waals surface area contributed by atoms with Crippen LogP contribution in [-0.2, 0) is 13.0 Å². The van der Waals surface area contributed by atoms with Crippen molar-refractivity contribution in [3.8, 4) is 11.5 Å². The number of anilines is 2. The number of benzene rings is 2. The number of hydrogen-bond acceptors (Lipinski definition) is 4. The number of hydrogen-bond donors (Lipinski definition) is 0. The number of halogens is 2. The van der Waals surface area contributed by atoms with Crippen LogP contribution in [0.4, 0.5) is 11.4 Å². The van der Waals surface area contributed by atoms with Gasteiger partial charge in [0.1, 0.15) is 23.6 Å². The zero-order chi connectivity index (χ0) is 26.8. The molecule has 3 heterocycles. The van der Waals surface area contributed by atoms with Gasteiger partial charge in [-0.05, 0) is 49.1 Å². The molecule has 0 saturated heterocycles. The van der Waals surface area contributed by atoms with Crippen molar-refractivity contribution in [3.05, 3.63) is 107 Å². The first-order chi connectivity index (χ1) is 19.1. The lowest BCUT2D eigenvalue weighted by Crippen LogP contribution is -2.45. The van der Waals surface area contributed by atoms with Crippen LogP contribution in [0, 0.1) is 0 Å². The third-order valence-electron chi connectivity index (χ3n) is 7.25. The normalized spacial score (nSPS) is 14.7. The maximum atomic E-state index is 13.8. The van der Waals surface area contributed by atoms with Crippen LogP contribution in [-0.4, -0.2) is 30.0 Å². The van der Waals surface area contributed by atoms with Crippen LogP contribution in [0.3, 0.4) is 0 Å². The average molecular weight is 561 g/mol. The lowest BCUT2D eigenvalue weighted by Gasteiger charge is -2.38. The molecule has 2 aromatic heterocycles. The zero-order valence-corrected chi connectivity index (χ0v) is 23.0. The van der Waals surface area contributed by atoms with Crippen molar-refractivity contribution in [2.45, 2.75) is 38.3 Å². The van der Waals surface area contributed by atoms with E-state index in [1.165, 1.54) is 12.8 Å². The lowest BCUT2D eigenvalue weighted by molar-refractivity contribution is -0.697. The van der Waals surface area contributed by atoms with Crippen LogP contribution < -0.4 is 19.1 Å². The number of nitrogens with zero attached hydrogens (tertiary/aromatic N) is 4. The van der Waals surface area contributed by atoms with Crippen molar-refractivity contribution in [3.63, 3.8) is 0 Å². The van der Waals surface area contributed by atoms with E-state index in [-0.39, 0.29) is 5.91 Å². The Labute approximate surface area is 238 Å². The molecule has 0 spiro atoms. The van der Waals surface area contributed by atoms with E-state index in [1.807, 2.05) is 59.8 Å². The van der Waals surface area contributed by atoms with Crippen LogP contribution >= 0.6 is 23.2 Å². The first-order valence-electron chi connectivity index (χ1n) is 13.3. The predicted octanol–water partition coefficient (Wildman–Crippen LogP) is 6.73. The summed E-state index contributed by atoms with van der Waals surface area (Å²) in [7, 11) is 0. The van der Waals surface area contributed by atoms with Gasteiger partial charge in [0.2, 0.25) is 0 Å². The number of rotatable bonds is 8. The van der Waals surface area contributed by atoms with Gasteiger partial charge in [0.15, 0.2) is 12.4 Å². The Morgan fingerprint density at radius 2 is 1.74 bits per heavy atom. The quantitative estimate of drug-likeness (QED) is 0.224. The summed E-state index contributed by atoms with van der Waals surface area (Å²) in [5.41, 5.74) is 3.35. The number of aryl methyl sites for hydroxylation is 2. The molecule has 0 atom stereocenters. The highest BCUT2D eigenvalue weighted by Gasteiger charge is 2.36. The minimum absolute atomic E-state index is 0.154. The van der Waals surface area contributed by atoms with Crippen molar-refractivity contribution < 1.29 is 14.1 Å². The third kappa shape index (κ3) is 5.58. The van der Waals surface area contributed by atoms with Crippen molar-refractivity contribution in [2.24, 2.45) is 0 Å². The van der Waals surface area contributed by atoms with Crippen molar-refractivity contribution in [1.82, 2.24) is 4.98 Å². The minimum Gasteiger partial charge on any atom is -0.455 e. The number of ether oxygens (including phenoxy) is 1. The molecule has 6 nitrogen and oxygen atoms in total. The van der Waals surface area contributed by atoms with Crippen LogP contribution in [0.1, 0.15) is 35.2 Å². The van der Waals surface area contributed by atoms with E-state index in [2.05, 4.69) is 20.5 Å².